The molecule has 0 atom stereocenters. The van der Waals surface area contributed by atoms with Crippen LogP contribution in [0.4, 0.5) is 10.3 Å². The standard InChI is InChI=1S/C20H25FN4O2/c21-16-8-15(27-12-13-4-5-13)9-17-18(16)19(26)23-20(22-17)25-10-14(11-25)24-6-2-1-3-7-24/h8-9,13-14H,1-7,10-12H2,(H,22,23,26). The minimum Gasteiger partial charge on any atom is -0.493 e. The molecule has 1 aromatic carbocycles. The van der Waals surface area contributed by atoms with Crippen LogP contribution in [0.3, 0.4) is 0 Å². The molecule has 1 N–H and O–H groups in total. The molecule has 3 heterocycles. The predicted molar refractivity (Wildman–Crippen MR) is 102 cm³/mol. The number of fused-ring (bicyclic) bond motifs is 1. The number of piperidine rings is 1. The zero-order valence-corrected chi connectivity index (χ0v) is 15.4. The molecular weight excluding hydrogens is 347 g/mol. The summed E-state index contributed by atoms with van der Waals surface area (Å²) in [6.07, 6.45) is 6.20. The molecule has 1 aliphatic carbocycles. The van der Waals surface area contributed by atoms with Crippen molar-refractivity contribution in [3.63, 3.8) is 0 Å². The van der Waals surface area contributed by atoms with Crippen LogP contribution >= 0.6 is 0 Å². The Morgan fingerprint density at radius 2 is 1.96 bits per heavy atom. The van der Waals surface area contributed by atoms with Crippen molar-refractivity contribution < 1.29 is 9.13 Å². The number of H-pyrrole nitrogens is 1. The van der Waals surface area contributed by atoms with E-state index in [9.17, 15) is 9.18 Å². The topological polar surface area (TPSA) is 61.5 Å². The number of nitrogens with one attached hydrogen (secondary N) is 1. The molecule has 2 saturated heterocycles. The van der Waals surface area contributed by atoms with Crippen molar-refractivity contribution in [2.24, 2.45) is 5.92 Å². The average Bonchev–Trinajstić information content (AvgIpc) is 3.43. The van der Waals surface area contributed by atoms with Gasteiger partial charge in [0.05, 0.1) is 12.1 Å². The lowest BCUT2D eigenvalue weighted by Gasteiger charge is -2.46. The Morgan fingerprint density at radius 1 is 1.19 bits per heavy atom. The van der Waals surface area contributed by atoms with Crippen LogP contribution in [0.25, 0.3) is 10.9 Å². The Hall–Kier alpha value is -2.15. The Balaban J connectivity index is 1.36. The van der Waals surface area contributed by atoms with Crippen molar-refractivity contribution in [1.29, 1.82) is 0 Å². The first-order valence-electron chi connectivity index (χ1n) is 10.0. The van der Waals surface area contributed by atoms with E-state index in [2.05, 4.69) is 19.8 Å². The molecule has 1 aromatic heterocycles. The third-order valence-electron chi connectivity index (χ3n) is 5.97. The van der Waals surface area contributed by atoms with Gasteiger partial charge in [-0.2, -0.15) is 0 Å². The molecule has 2 aromatic rings. The molecule has 0 bridgehead atoms. The van der Waals surface area contributed by atoms with Crippen molar-refractivity contribution in [3.05, 3.63) is 28.3 Å². The van der Waals surface area contributed by atoms with Crippen LogP contribution in [0, 0.1) is 11.7 Å². The second kappa shape index (κ2) is 6.78. The van der Waals surface area contributed by atoms with Crippen LogP contribution in [0.2, 0.25) is 0 Å². The van der Waals surface area contributed by atoms with Gasteiger partial charge in [0.1, 0.15) is 17.0 Å². The van der Waals surface area contributed by atoms with Gasteiger partial charge in [0.2, 0.25) is 5.95 Å². The highest BCUT2D eigenvalue weighted by atomic mass is 19.1. The summed E-state index contributed by atoms with van der Waals surface area (Å²) in [4.78, 5) is 24.3. The Kier molecular flexibility index (Phi) is 4.27. The van der Waals surface area contributed by atoms with Gasteiger partial charge in [0.25, 0.3) is 5.56 Å². The van der Waals surface area contributed by atoms with Gasteiger partial charge < -0.3 is 9.64 Å². The van der Waals surface area contributed by atoms with E-state index >= 15 is 0 Å². The molecule has 7 heteroatoms. The van der Waals surface area contributed by atoms with Crippen molar-refractivity contribution in [2.45, 2.75) is 38.1 Å². The molecule has 0 spiro atoms. The highest BCUT2D eigenvalue weighted by Gasteiger charge is 2.34. The lowest BCUT2D eigenvalue weighted by Crippen LogP contribution is -2.61. The van der Waals surface area contributed by atoms with Crippen molar-refractivity contribution in [1.82, 2.24) is 14.9 Å². The first-order chi connectivity index (χ1) is 13.2. The maximum absolute atomic E-state index is 14.4. The van der Waals surface area contributed by atoms with Crippen LogP contribution in [-0.2, 0) is 0 Å². The first kappa shape index (κ1) is 17.0. The van der Waals surface area contributed by atoms with Gasteiger partial charge in [0.15, 0.2) is 0 Å². The lowest BCUT2D eigenvalue weighted by atomic mass is 10.0. The summed E-state index contributed by atoms with van der Waals surface area (Å²) in [6.45, 7) is 4.63. The van der Waals surface area contributed by atoms with Gasteiger partial charge >= 0.3 is 0 Å². The highest BCUT2D eigenvalue weighted by molar-refractivity contribution is 5.81. The van der Waals surface area contributed by atoms with Crippen LogP contribution in [0.5, 0.6) is 5.75 Å². The molecular formula is C20H25FN4O2. The number of benzene rings is 1. The fourth-order valence-electron chi connectivity index (χ4n) is 4.06. The van der Waals surface area contributed by atoms with Crippen molar-refractivity contribution >= 4 is 16.9 Å². The summed E-state index contributed by atoms with van der Waals surface area (Å²) in [5.41, 5.74) is -0.0661. The van der Waals surface area contributed by atoms with Gasteiger partial charge in [-0.15, -0.1) is 0 Å². The van der Waals surface area contributed by atoms with Crippen LogP contribution in [0.15, 0.2) is 16.9 Å². The molecule has 6 nitrogen and oxygen atoms in total. The van der Waals surface area contributed by atoms with Gasteiger partial charge in [-0.25, -0.2) is 9.37 Å². The summed E-state index contributed by atoms with van der Waals surface area (Å²) in [7, 11) is 0. The van der Waals surface area contributed by atoms with E-state index in [4.69, 9.17) is 4.74 Å². The minimum absolute atomic E-state index is 0.00521. The molecule has 3 fully saturated rings. The fraction of sp³-hybridized carbons (Fsp3) is 0.600. The maximum atomic E-state index is 14.4. The number of likely N-dealkylation sites (tertiary alicyclic amines) is 1. The second-order valence-corrected chi connectivity index (χ2v) is 8.10. The number of hydrogen-bond donors (Lipinski definition) is 1. The number of ether oxygens (including phenoxy) is 1. The van der Waals surface area contributed by atoms with Crippen LogP contribution in [0.1, 0.15) is 32.1 Å². The zero-order chi connectivity index (χ0) is 18.4. The molecule has 5 rings (SSSR count). The van der Waals surface area contributed by atoms with Crippen molar-refractivity contribution in [2.75, 3.05) is 37.7 Å². The Morgan fingerprint density at radius 3 is 2.70 bits per heavy atom. The number of hydrogen-bond acceptors (Lipinski definition) is 5. The Bertz CT molecular complexity index is 899. The highest BCUT2D eigenvalue weighted by Crippen LogP contribution is 2.31. The van der Waals surface area contributed by atoms with E-state index < -0.39 is 11.4 Å². The summed E-state index contributed by atoms with van der Waals surface area (Å²) >= 11 is 0. The van der Waals surface area contributed by atoms with E-state index in [0.29, 0.717) is 35.8 Å². The third-order valence-corrected chi connectivity index (χ3v) is 5.97. The van der Waals surface area contributed by atoms with Crippen molar-refractivity contribution in [3.8, 4) is 5.75 Å². The number of anilines is 1. The molecule has 144 valence electrons. The predicted octanol–water partition coefficient (Wildman–Crippen LogP) is 2.53. The molecule has 1 saturated carbocycles. The van der Waals surface area contributed by atoms with Gasteiger partial charge in [0, 0.05) is 31.3 Å². The van der Waals surface area contributed by atoms with Crippen LogP contribution < -0.4 is 15.2 Å². The molecule has 27 heavy (non-hydrogen) atoms. The van der Waals surface area contributed by atoms with Crippen LogP contribution in [-0.4, -0.2) is 53.7 Å². The summed E-state index contributed by atoms with van der Waals surface area (Å²) in [6, 6.07) is 3.50. The number of nitrogens with zero attached hydrogens (tertiary/aromatic N) is 3. The molecule has 3 aliphatic rings. The maximum Gasteiger partial charge on any atom is 0.263 e. The molecule has 0 unspecified atom stereocenters. The second-order valence-electron chi connectivity index (χ2n) is 8.10. The number of rotatable bonds is 5. The molecule has 2 aliphatic heterocycles. The quantitative estimate of drug-likeness (QED) is 0.874. The number of aromatic amines is 1. The summed E-state index contributed by atoms with van der Waals surface area (Å²) in [5, 5.41) is 0.00521. The lowest BCUT2D eigenvalue weighted by molar-refractivity contribution is 0.138. The SMILES string of the molecule is O=c1[nH]c(N2CC(N3CCCCC3)C2)nc2cc(OCC3CC3)cc(F)c12. The van der Waals surface area contributed by atoms with E-state index in [1.165, 1.54) is 38.2 Å². The first-order valence-corrected chi connectivity index (χ1v) is 10.0. The van der Waals surface area contributed by atoms with E-state index in [1.807, 2.05) is 0 Å². The minimum atomic E-state index is -0.576. The molecule has 0 radical (unpaired) electrons. The fourth-order valence-corrected chi connectivity index (χ4v) is 4.06. The Labute approximate surface area is 157 Å². The van der Waals surface area contributed by atoms with E-state index in [-0.39, 0.29) is 5.39 Å². The number of halogens is 1. The smallest absolute Gasteiger partial charge is 0.263 e. The van der Waals surface area contributed by atoms with Gasteiger partial charge in [-0.3, -0.25) is 14.7 Å². The largest absolute Gasteiger partial charge is 0.493 e. The third kappa shape index (κ3) is 3.40. The summed E-state index contributed by atoms with van der Waals surface area (Å²) < 4.78 is 20.1. The van der Waals surface area contributed by atoms with Gasteiger partial charge in [-0.05, 0) is 44.7 Å². The normalized spacial score (nSPS) is 21.4. The van der Waals surface area contributed by atoms with E-state index in [0.717, 1.165) is 26.2 Å². The molecule has 0 amide bonds. The average molecular weight is 372 g/mol. The van der Waals surface area contributed by atoms with E-state index in [1.54, 1.807) is 6.07 Å². The summed E-state index contributed by atoms with van der Waals surface area (Å²) in [5.74, 6) is 0.984. The monoisotopic (exact) mass is 372 g/mol. The van der Waals surface area contributed by atoms with Gasteiger partial charge in [-0.1, -0.05) is 6.42 Å². The zero-order valence-electron chi connectivity index (χ0n) is 15.4. The number of aromatic nitrogens is 2.